The minimum Gasteiger partial charge on any atom is -0.496 e. The highest BCUT2D eigenvalue weighted by Gasteiger charge is 2.19. The minimum absolute atomic E-state index is 0.0897. The molecule has 20 heavy (non-hydrogen) atoms. The molecule has 106 valence electrons. The smallest absolute Gasteiger partial charge is 0.123 e. The number of benzene rings is 2. The van der Waals surface area contributed by atoms with E-state index in [1.165, 1.54) is 11.1 Å². The van der Waals surface area contributed by atoms with Gasteiger partial charge in [-0.05, 0) is 48.7 Å². The van der Waals surface area contributed by atoms with Crippen molar-refractivity contribution >= 4 is 47.8 Å². The molecule has 0 saturated carbocycles. The lowest BCUT2D eigenvalue weighted by Gasteiger charge is -2.18. The molecule has 1 unspecified atom stereocenters. The summed E-state index contributed by atoms with van der Waals surface area (Å²) < 4.78 is 7.74. The van der Waals surface area contributed by atoms with Gasteiger partial charge in [0.05, 0.1) is 11.9 Å². The van der Waals surface area contributed by atoms with E-state index in [1.54, 1.807) is 7.11 Å². The van der Waals surface area contributed by atoms with Crippen molar-refractivity contribution in [1.29, 1.82) is 0 Å². The molecular formula is C16H15Br3O. The maximum Gasteiger partial charge on any atom is 0.123 e. The highest BCUT2D eigenvalue weighted by molar-refractivity contribution is 9.11. The van der Waals surface area contributed by atoms with Crippen LogP contribution in [-0.4, -0.2) is 7.11 Å². The zero-order valence-corrected chi connectivity index (χ0v) is 16.3. The molecule has 2 aromatic rings. The average molecular weight is 463 g/mol. The van der Waals surface area contributed by atoms with Crippen molar-refractivity contribution in [1.82, 2.24) is 0 Å². The second-order valence-corrected chi connectivity index (χ2v) is 7.28. The van der Waals surface area contributed by atoms with Crippen molar-refractivity contribution in [3.05, 3.63) is 61.5 Å². The topological polar surface area (TPSA) is 9.23 Å². The number of ether oxygens (including phenoxy) is 1. The Morgan fingerprint density at radius 2 is 1.70 bits per heavy atom. The first-order valence-corrected chi connectivity index (χ1v) is 8.69. The maximum absolute atomic E-state index is 5.53. The third-order valence-corrected chi connectivity index (χ3v) is 6.07. The highest BCUT2D eigenvalue weighted by Crippen LogP contribution is 2.41. The first-order chi connectivity index (χ1) is 9.45. The summed E-state index contributed by atoms with van der Waals surface area (Å²) >= 11 is 11.0. The summed E-state index contributed by atoms with van der Waals surface area (Å²) in [7, 11) is 1.71. The van der Waals surface area contributed by atoms with E-state index in [0.717, 1.165) is 25.8 Å². The predicted molar refractivity (Wildman–Crippen MR) is 95.1 cm³/mol. The molecule has 0 aliphatic heterocycles. The highest BCUT2D eigenvalue weighted by atomic mass is 79.9. The molecular weight excluding hydrogens is 448 g/mol. The van der Waals surface area contributed by atoms with Crippen molar-refractivity contribution in [2.75, 3.05) is 7.11 Å². The molecule has 0 fully saturated rings. The average Bonchev–Trinajstić information content (AvgIpc) is 2.43. The Labute approximate surface area is 145 Å². The quantitative estimate of drug-likeness (QED) is 0.485. The third-order valence-electron chi connectivity index (χ3n) is 3.37. The lowest BCUT2D eigenvalue weighted by molar-refractivity contribution is 0.410. The van der Waals surface area contributed by atoms with Gasteiger partial charge in [-0.2, -0.15) is 0 Å². The summed E-state index contributed by atoms with van der Waals surface area (Å²) in [6.07, 6.45) is 0. The number of hydrogen-bond acceptors (Lipinski definition) is 1. The number of rotatable bonds is 3. The monoisotopic (exact) mass is 460 g/mol. The summed E-state index contributed by atoms with van der Waals surface area (Å²) in [4.78, 5) is 0.0897. The van der Waals surface area contributed by atoms with Crippen molar-refractivity contribution < 1.29 is 4.74 Å². The molecule has 0 amide bonds. The van der Waals surface area contributed by atoms with Crippen molar-refractivity contribution in [2.24, 2.45) is 0 Å². The van der Waals surface area contributed by atoms with E-state index in [9.17, 15) is 0 Å². The van der Waals surface area contributed by atoms with Crippen LogP contribution in [0.3, 0.4) is 0 Å². The molecule has 4 heteroatoms. The fourth-order valence-electron chi connectivity index (χ4n) is 2.11. The Hall–Kier alpha value is -0.320. The number of halogens is 3. The van der Waals surface area contributed by atoms with Crippen LogP contribution in [0.25, 0.3) is 0 Å². The molecule has 1 nitrogen and oxygen atoms in total. The SMILES string of the molecule is COc1cc(C)c(Br)cc1C(Br)c1cccc(Br)c1C. The molecule has 0 aliphatic rings. The van der Waals surface area contributed by atoms with Crippen LogP contribution in [0.15, 0.2) is 39.3 Å². The summed E-state index contributed by atoms with van der Waals surface area (Å²) in [5, 5.41) is 0. The van der Waals surface area contributed by atoms with Gasteiger partial charge in [-0.15, -0.1) is 0 Å². The Morgan fingerprint density at radius 1 is 1.00 bits per heavy atom. The largest absolute Gasteiger partial charge is 0.496 e. The normalized spacial score (nSPS) is 12.3. The summed E-state index contributed by atoms with van der Waals surface area (Å²) in [6, 6.07) is 10.4. The van der Waals surface area contributed by atoms with E-state index in [1.807, 2.05) is 0 Å². The van der Waals surface area contributed by atoms with Gasteiger partial charge in [-0.3, -0.25) is 0 Å². The molecule has 0 bridgehead atoms. The Kier molecular flexibility index (Phi) is 5.32. The lowest BCUT2D eigenvalue weighted by Crippen LogP contribution is -2.00. The van der Waals surface area contributed by atoms with E-state index in [2.05, 4.69) is 92.0 Å². The molecule has 0 N–H and O–H groups in total. The molecule has 1 atom stereocenters. The molecule has 0 saturated heterocycles. The Morgan fingerprint density at radius 3 is 2.35 bits per heavy atom. The standard InChI is InChI=1S/C16H15Br3O/c1-9-7-15(20-3)12(8-14(9)18)16(19)11-5-4-6-13(17)10(11)2/h4-8,16H,1-3H3. The predicted octanol–water partition coefficient (Wildman–Crippen LogP) is 6.32. The lowest BCUT2D eigenvalue weighted by atomic mass is 9.99. The summed E-state index contributed by atoms with van der Waals surface area (Å²) in [5.74, 6) is 0.895. The fraction of sp³-hybridized carbons (Fsp3) is 0.250. The van der Waals surface area contributed by atoms with Crippen LogP contribution in [0.5, 0.6) is 5.75 Å². The van der Waals surface area contributed by atoms with Gasteiger partial charge in [-0.1, -0.05) is 59.9 Å². The van der Waals surface area contributed by atoms with Crippen LogP contribution >= 0.6 is 47.8 Å². The van der Waals surface area contributed by atoms with Crippen LogP contribution < -0.4 is 4.74 Å². The molecule has 0 aliphatic carbocycles. The number of hydrogen-bond donors (Lipinski definition) is 0. The zero-order valence-electron chi connectivity index (χ0n) is 11.5. The van der Waals surface area contributed by atoms with Gasteiger partial charge < -0.3 is 4.74 Å². The van der Waals surface area contributed by atoms with Gasteiger partial charge >= 0.3 is 0 Å². The van der Waals surface area contributed by atoms with Crippen molar-refractivity contribution in [2.45, 2.75) is 18.7 Å². The molecule has 2 rings (SSSR count). The van der Waals surface area contributed by atoms with Gasteiger partial charge in [0.1, 0.15) is 5.75 Å². The van der Waals surface area contributed by atoms with E-state index in [4.69, 9.17) is 4.74 Å². The first kappa shape index (κ1) is 16.1. The molecule has 0 spiro atoms. The van der Waals surface area contributed by atoms with Crippen LogP contribution in [0.2, 0.25) is 0 Å². The first-order valence-electron chi connectivity index (χ1n) is 6.18. The van der Waals surface area contributed by atoms with Gasteiger partial charge in [0.2, 0.25) is 0 Å². The second kappa shape index (κ2) is 6.63. The zero-order chi connectivity index (χ0) is 14.9. The number of aryl methyl sites for hydroxylation is 1. The second-order valence-electron chi connectivity index (χ2n) is 4.66. The molecule has 2 aromatic carbocycles. The van der Waals surface area contributed by atoms with Crippen molar-refractivity contribution in [3.63, 3.8) is 0 Å². The molecule has 0 heterocycles. The Bertz CT molecular complexity index is 638. The summed E-state index contributed by atoms with van der Waals surface area (Å²) in [6.45, 7) is 4.17. The summed E-state index contributed by atoms with van der Waals surface area (Å²) in [5.41, 5.74) is 4.74. The van der Waals surface area contributed by atoms with E-state index in [-0.39, 0.29) is 4.83 Å². The van der Waals surface area contributed by atoms with Crippen LogP contribution in [0.1, 0.15) is 27.1 Å². The van der Waals surface area contributed by atoms with Crippen LogP contribution in [0.4, 0.5) is 0 Å². The number of methoxy groups -OCH3 is 1. The van der Waals surface area contributed by atoms with Crippen molar-refractivity contribution in [3.8, 4) is 5.75 Å². The van der Waals surface area contributed by atoms with Gasteiger partial charge in [0.15, 0.2) is 0 Å². The fourth-order valence-corrected chi connectivity index (χ4v) is 3.71. The van der Waals surface area contributed by atoms with E-state index < -0.39 is 0 Å². The molecule has 0 aromatic heterocycles. The third kappa shape index (κ3) is 3.12. The van der Waals surface area contributed by atoms with E-state index in [0.29, 0.717) is 0 Å². The van der Waals surface area contributed by atoms with Gasteiger partial charge in [0, 0.05) is 14.5 Å². The maximum atomic E-state index is 5.53. The van der Waals surface area contributed by atoms with Crippen LogP contribution in [0, 0.1) is 13.8 Å². The number of alkyl halides is 1. The van der Waals surface area contributed by atoms with Gasteiger partial charge in [-0.25, -0.2) is 0 Å². The van der Waals surface area contributed by atoms with Gasteiger partial charge in [0.25, 0.3) is 0 Å². The Balaban J connectivity index is 2.55. The minimum atomic E-state index is 0.0897. The van der Waals surface area contributed by atoms with Crippen LogP contribution in [-0.2, 0) is 0 Å². The molecule has 0 radical (unpaired) electrons. The van der Waals surface area contributed by atoms with E-state index >= 15 is 0 Å².